The molecule has 0 aromatic heterocycles. The minimum absolute atomic E-state index is 0.0148. The third kappa shape index (κ3) is 7.28. The summed E-state index contributed by atoms with van der Waals surface area (Å²) in [6, 6.07) is 17.3. The van der Waals surface area contributed by atoms with E-state index in [9.17, 15) is 9.59 Å². The van der Waals surface area contributed by atoms with Crippen LogP contribution in [-0.4, -0.2) is 34.6 Å². The molecule has 2 aromatic carbocycles. The number of hydrogen-bond acceptors (Lipinski definition) is 3. The third-order valence-electron chi connectivity index (χ3n) is 5.96. The van der Waals surface area contributed by atoms with Crippen LogP contribution in [0.5, 0.6) is 0 Å². The van der Waals surface area contributed by atoms with E-state index in [0.29, 0.717) is 30.2 Å². The summed E-state index contributed by atoms with van der Waals surface area (Å²) >= 11 is 8.06. The molecule has 3 rings (SSSR count). The van der Waals surface area contributed by atoms with Crippen molar-refractivity contribution in [1.82, 2.24) is 10.2 Å². The Kier molecular flexibility index (Phi) is 9.94. The summed E-state index contributed by atoms with van der Waals surface area (Å²) in [7, 11) is 0. The van der Waals surface area contributed by atoms with Gasteiger partial charge in [-0.05, 0) is 43.0 Å². The highest BCUT2D eigenvalue weighted by Crippen LogP contribution is 2.23. The van der Waals surface area contributed by atoms with E-state index in [2.05, 4.69) is 5.32 Å². The maximum Gasteiger partial charge on any atom is 0.243 e. The molecular formula is C26H33ClN2O2S. The van der Waals surface area contributed by atoms with Gasteiger partial charge in [0.1, 0.15) is 6.04 Å². The second-order valence-electron chi connectivity index (χ2n) is 8.29. The van der Waals surface area contributed by atoms with Crippen molar-refractivity contribution in [2.24, 2.45) is 0 Å². The molecule has 1 aliphatic carbocycles. The lowest BCUT2D eigenvalue weighted by Crippen LogP contribution is -2.51. The van der Waals surface area contributed by atoms with E-state index < -0.39 is 6.04 Å². The van der Waals surface area contributed by atoms with E-state index in [-0.39, 0.29) is 17.9 Å². The van der Waals surface area contributed by atoms with Gasteiger partial charge in [-0.1, -0.05) is 74.2 Å². The van der Waals surface area contributed by atoms with Gasteiger partial charge in [0, 0.05) is 34.7 Å². The molecule has 1 saturated carbocycles. The molecule has 1 aliphatic rings. The first kappa shape index (κ1) is 24.7. The van der Waals surface area contributed by atoms with Gasteiger partial charge in [-0.3, -0.25) is 9.59 Å². The highest BCUT2D eigenvalue weighted by atomic mass is 35.5. The molecule has 1 fully saturated rings. The topological polar surface area (TPSA) is 49.4 Å². The van der Waals surface area contributed by atoms with Gasteiger partial charge >= 0.3 is 0 Å². The number of thioether (sulfide) groups is 1. The van der Waals surface area contributed by atoms with Crippen molar-refractivity contribution in [3.05, 3.63) is 65.2 Å². The summed E-state index contributed by atoms with van der Waals surface area (Å²) in [6.45, 7) is 2.31. The zero-order valence-corrected chi connectivity index (χ0v) is 20.3. The summed E-state index contributed by atoms with van der Waals surface area (Å²) in [6.07, 6.45) is 6.53. The van der Waals surface area contributed by atoms with Crippen molar-refractivity contribution < 1.29 is 9.59 Å². The molecule has 4 nitrogen and oxygen atoms in total. The lowest BCUT2D eigenvalue weighted by atomic mass is 9.95. The molecule has 1 unspecified atom stereocenters. The average Bonchev–Trinajstić information content (AvgIpc) is 2.81. The van der Waals surface area contributed by atoms with Crippen LogP contribution in [0.2, 0.25) is 5.02 Å². The maximum absolute atomic E-state index is 13.3. The monoisotopic (exact) mass is 472 g/mol. The van der Waals surface area contributed by atoms with Crippen molar-refractivity contribution in [3.8, 4) is 0 Å². The number of rotatable bonds is 10. The van der Waals surface area contributed by atoms with Crippen LogP contribution < -0.4 is 5.32 Å². The van der Waals surface area contributed by atoms with Crippen LogP contribution in [-0.2, 0) is 16.1 Å². The Bertz CT molecular complexity index is 871. The van der Waals surface area contributed by atoms with Crippen molar-refractivity contribution in [3.63, 3.8) is 0 Å². The number of halogens is 1. The quantitative estimate of drug-likeness (QED) is 0.426. The van der Waals surface area contributed by atoms with Crippen LogP contribution in [0.3, 0.4) is 0 Å². The standard InChI is InChI=1S/C26H33ClN2O2S/c1-2-24(26(31)28-21-12-5-3-6-13-21)29(19-20-11-9-10-16-23(20)27)25(30)17-18-32-22-14-7-4-8-15-22/h4,7-11,14-16,21,24H,2-3,5-6,12-13,17-19H2,1H3,(H,28,31). The van der Waals surface area contributed by atoms with Crippen LogP contribution in [0.25, 0.3) is 0 Å². The lowest BCUT2D eigenvalue weighted by molar-refractivity contribution is -0.141. The fourth-order valence-corrected chi connectivity index (χ4v) is 5.25. The van der Waals surface area contributed by atoms with Crippen molar-refractivity contribution in [1.29, 1.82) is 0 Å². The summed E-state index contributed by atoms with van der Waals surface area (Å²) < 4.78 is 0. The molecule has 2 aromatic rings. The molecule has 32 heavy (non-hydrogen) atoms. The fourth-order valence-electron chi connectivity index (χ4n) is 4.19. The maximum atomic E-state index is 13.3. The van der Waals surface area contributed by atoms with E-state index in [0.717, 1.165) is 36.1 Å². The summed E-state index contributed by atoms with van der Waals surface area (Å²) in [5.74, 6) is 0.609. The molecule has 0 aliphatic heterocycles. The molecule has 0 saturated heterocycles. The zero-order valence-electron chi connectivity index (χ0n) is 18.8. The van der Waals surface area contributed by atoms with Crippen LogP contribution in [0.1, 0.15) is 57.4 Å². The predicted molar refractivity (Wildman–Crippen MR) is 133 cm³/mol. The van der Waals surface area contributed by atoms with Gasteiger partial charge in [0.05, 0.1) is 0 Å². The molecule has 6 heteroatoms. The summed E-state index contributed by atoms with van der Waals surface area (Å²) in [5.41, 5.74) is 0.863. The Morgan fingerprint density at radius 1 is 1.06 bits per heavy atom. The first-order valence-corrected chi connectivity index (χ1v) is 13.0. The van der Waals surface area contributed by atoms with Gasteiger partial charge in [-0.15, -0.1) is 11.8 Å². The number of hydrogen-bond donors (Lipinski definition) is 1. The number of carbonyl (C=O) groups is 2. The zero-order chi connectivity index (χ0) is 22.8. The highest BCUT2D eigenvalue weighted by Gasteiger charge is 2.30. The highest BCUT2D eigenvalue weighted by molar-refractivity contribution is 7.99. The van der Waals surface area contributed by atoms with Gasteiger partial charge in [-0.25, -0.2) is 0 Å². The van der Waals surface area contributed by atoms with Gasteiger partial charge in [-0.2, -0.15) is 0 Å². The van der Waals surface area contributed by atoms with Gasteiger partial charge in [0.25, 0.3) is 0 Å². The molecule has 0 spiro atoms. The second-order valence-corrected chi connectivity index (χ2v) is 9.87. The van der Waals surface area contributed by atoms with Gasteiger partial charge in [0.15, 0.2) is 0 Å². The van der Waals surface area contributed by atoms with Crippen molar-refractivity contribution in [2.75, 3.05) is 5.75 Å². The lowest BCUT2D eigenvalue weighted by Gasteiger charge is -2.33. The van der Waals surface area contributed by atoms with E-state index in [1.807, 2.05) is 61.5 Å². The molecule has 1 N–H and O–H groups in total. The number of carbonyl (C=O) groups excluding carboxylic acids is 2. The number of nitrogens with zero attached hydrogens (tertiary/aromatic N) is 1. The largest absolute Gasteiger partial charge is 0.352 e. The Morgan fingerprint density at radius 2 is 1.75 bits per heavy atom. The Labute approximate surface area is 201 Å². The van der Waals surface area contributed by atoms with Crippen LogP contribution in [0, 0.1) is 0 Å². The summed E-state index contributed by atoms with van der Waals surface area (Å²) in [4.78, 5) is 29.4. The molecule has 2 amide bonds. The fraction of sp³-hybridized carbons (Fsp3) is 0.462. The molecular weight excluding hydrogens is 440 g/mol. The molecule has 0 radical (unpaired) electrons. The van der Waals surface area contributed by atoms with Gasteiger partial charge < -0.3 is 10.2 Å². The van der Waals surface area contributed by atoms with E-state index in [4.69, 9.17) is 11.6 Å². The summed E-state index contributed by atoms with van der Waals surface area (Å²) in [5, 5.41) is 3.83. The number of nitrogens with one attached hydrogen (secondary N) is 1. The Morgan fingerprint density at radius 3 is 2.44 bits per heavy atom. The number of amides is 2. The SMILES string of the molecule is CCC(C(=O)NC1CCCCC1)N(Cc1ccccc1Cl)C(=O)CCSc1ccccc1. The normalized spacial score (nSPS) is 15.2. The average molecular weight is 473 g/mol. The van der Waals surface area contributed by atoms with Crippen LogP contribution in [0.4, 0.5) is 0 Å². The predicted octanol–water partition coefficient (Wildman–Crippen LogP) is 6.08. The minimum atomic E-state index is -0.498. The molecule has 0 heterocycles. The molecule has 0 bridgehead atoms. The number of benzene rings is 2. The van der Waals surface area contributed by atoms with Crippen LogP contribution in [0.15, 0.2) is 59.5 Å². The van der Waals surface area contributed by atoms with Crippen molar-refractivity contribution >= 4 is 35.2 Å². The van der Waals surface area contributed by atoms with E-state index >= 15 is 0 Å². The molecule has 172 valence electrons. The van der Waals surface area contributed by atoms with Crippen molar-refractivity contribution in [2.45, 2.75) is 75.4 Å². The Hall–Kier alpha value is -1.98. The first-order valence-electron chi connectivity index (χ1n) is 11.6. The minimum Gasteiger partial charge on any atom is -0.352 e. The first-order chi connectivity index (χ1) is 15.6. The molecule has 1 atom stereocenters. The van der Waals surface area contributed by atoms with E-state index in [1.165, 1.54) is 6.42 Å². The smallest absolute Gasteiger partial charge is 0.243 e. The Balaban J connectivity index is 1.71. The third-order valence-corrected chi connectivity index (χ3v) is 7.35. The van der Waals surface area contributed by atoms with Crippen LogP contribution >= 0.6 is 23.4 Å². The second kappa shape index (κ2) is 12.9. The van der Waals surface area contributed by atoms with E-state index in [1.54, 1.807) is 16.7 Å². The van der Waals surface area contributed by atoms with Gasteiger partial charge in [0.2, 0.25) is 11.8 Å².